The van der Waals surface area contributed by atoms with Gasteiger partial charge in [0, 0.05) is 187 Å². The highest BCUT2D eigenvalue weighted by Gasteiger charge is 2.41. The van der Waals surface area contributed by atoms with Crippen molar-refractivity contribution in [1.29, 1.82) is 0 Å². The number of methoxy groups -OCH3 is 3. The highest BCUT2D eigenvalue weighted by molar-refractivity contribution is 7.89. The molecule has 6 aromatic carbocycles. The van der Waals surface area contributed by atoms with Crippen LogP contribution in [0.15, 0.2) is 142 Å². The van der Waals surface area contributed by atoms with Crippen molar-refractivity contribution < 1.29 is 68.2 Å². The fourth-order valence-electron chi connectivity index (χ4n) is 16.3. The van der Waals surface area contributed by atoms with Gasteiger partial charge in [-0.05, 0) is 152 Å². The molecule has 0 N–H and O–H groups in total. The van der Waals surface area contributed by atoms with Crippen LogP contribution in [-0.4, -0.2) is 188 Å². The molecule has 0 spiro atoms. The van der Waals surface area contributed by atoms with Crippen molar-refractivity contribution in [3.63, 3.8) is 0 Å². The average Bonchev–Trinajstić information content (AvgIpc) is 1.60. The number of benzene rings is 6. The van der Waals surface area contributed by atoms with Crippen molar-refractivity contribution in [3.05, 3.63) is 180 Å². The van der Waals surface area contributed by atoms with Gasteiger partial charge in [-0.15, -0.1) is 22.7 Å². The second-order valence-corrected chi connectivity index (χ2v) is 38.0. The Morgan fingerprint density at radius 3 is 1.24 bits per heavy atom. The van der Waals surface area contributed by atoms with Crippen LogP contribution in [0.5, 0.6) is 0 Å². The number of hydrogen-bond donors (Lipinski definition) is 0. The quantitative estimate of drug-likeness (QED) is 0.0432. The van der Waals surface area contributed by atoms with Crippen LogP contribution < -0.4 is 14.7 Å². The lowest BCUT2D eigenvalue weighted by atomic mass is 9.88. The van der Waals surface area contributed by atoms with Crippen LogP contribution in [0.3, 0.4) is 0 Å². The van der Waals surface area contributed by atoms with E-state index in [4.69, 9.17) is 49.0 Å². The highest BCUT2D eigenvalue weighted by Crippen LogP contribution is 2.45. The Balaban J connectivity index is 0.000000141. The minimum Gasteiger partial charge on any atom is -0.385 e. The number of ether oxygens (including phenoxy) is 3. The van der Waals surface area contributed by atoms with Gasteiger partial charge in [0.1, 0.15) is 26.6 Å². The zero-order chi connectivity index (χ0) is 79.8. The summed E-state index contributed by atoms with van der Waals surface area (Å²) in [6, 6.07) is 35.0. The third-order valence-corrected chi connectivity index (χ3v) is 30.6. The molecule has 3 amide bonds. The predicted octanol–water partition coefficient (Wildman–Crippen LogP) is 13.6. The fraction of sp³-hybridized carbons (Fsp3) is 0.383. The number of Topliss-reactive ketones (excluding diaryl/α,β-unsaturated/α-hetero) is 3. The lowest BCUT2D eigenvalue weighted by Crippen LogP contribution is -2.41. The van der Waals surface area contributed by atoms with E-state index in [1.54, 1.807) is 66.7 Å². The van der Waals surface area contributed by atoms with Crippen molar-refractivity contribution in [2.75, 3.05) is 115 Å². The molecule has 594 valence electrons. The van der Waals surface area contributed by atoms with Crippen molar-refractivity contribution in [2.45, 2.75) is 98.9 Å². The molecule has 0 saturated carbocycles. The number of imidazole rings is 1. The maximum absolute atomic E-state index is 13.4. The van der Waals surface area contributed by atoms with E-state index in [1.165, 1.54) is 40.8 Å². The molecule has 10 aromatic rings. The first-order valence-corrected chi connectivity index (χ1v) is 44.6. The van der Waals surface area contributed by atoms with Gasteiger partial charge in [-0.2, -0.15) is 12.9 Å². The van der Waals surface area contributed by atoms with E-state index in [0.717, 1.165) is 96.7 Å². The molecular weight excluding hydrogens is 1610 g/mol. The van der Waals surface area contributed by atoms with Gasteiger partial charge in [-0.25, -0.2) is 35.2 Å². The number of piperidine rings is 3. The van der Waals surface area contributed by atoms with E-state index in [-0.39, 0.29) is 123 Å². The summed E-state index contributed by atoms with van der Waals surface area (Å²) in [5, 5.41) is 7.19. The molecule has 4 aromatic heterocycles. The number of aromatic nitrogens is 3. The second-order valence-electron chi connectivity index (χ2n) is 28.9. The monoisotopic (exact) mass is 1690 g/mol. The fourth-order valence-corrected chi connectivity index (χ4v) is 24.2. The number of nitrogens with zero attached hydrogens (tertiary/aromatic N) is 9. The maximum Gasteiger partial charge on any atom is 0.262 e. The van der Waals surface area contributed by atoms with E-state index in [9.17, 15) is 54.0 Å². The van der Waals surface area contributed by atoms with Gasteiger partial charge in [0.2, 0.25) is 10.0 Å². The molecule has 0 bridgehead atoms. The van der Waals surface area contributed by atoms with Gasteiger partial charge in [0.25, 0.3) is 37.8 Å². The number of thiophene rings is 1. The Bertz CT molecular complexity index is 5760. The van der Waals surface area contributed by atoms with E-state index in [0.29, 0.717) is 123 Å². The van der Waals surface area contributed by atoms with Gasteiger partial charge in [0.15, 0.2) is 20.2 Å². The standard InChI is InChI=1S/C28H31N3O5S.C27H27ClN4O5S2.C26H26Cl2N2O5S2/c1-19-6-3-9-26(29-19)37(34,35)30-15-12-20(13-16-30)25(32)18-21-10-11-24-27-22(21)7-4-8-23(27)28(33)31(24)14-5-17-36-2;1-37-14-3-10-31-21-7-6-18(19-4-2-5-20(23(19)21)25(31)34)16-22(33)17-8-11-30(12-9-17)39(35,36)26-24(28)29-27-32(26)13-15-38-27;1-35-13-3-10-30-20-7-6-17(18-4-2-5-19(24(18)20)26(30)32)14-21(31)16-8-11-29(12-9-16)37(33,34)22-15-23(27)36-25(22)28/h3-4,6-11,20H,5,12-18H2,1-2H3;2,4-7,13,15,17H,3,8-12,14,16H2,1H3;2,4-7,15-16H,3,8-14H2,1H3. The summed E-state index contributed by atoms with van der Waals surface area (Å²) in [5.41, 5.74) is 7.92. The number of aryl methyl sites for hydroxylation is 1. The number of carbonyl (C=O) groups excluding carboxylic acids is 6. The molecule has 113 heavy (non-hydrogen) atoms. The molecule has 32 heteroatoms. The van der Waals surface area contributed by atoms with Crippen LogP contribution in [0.4, 0.5) is 17.1 Å². The number of halogens is 3. The molecule has 0 unspecified atom stereocenters. The third kappa shape index (κ3) is 16.3. The first-order valence-electron chi connectivity index (χ1n) is 37.5. The lowest BCUT2D eigenvalue weighted by molar-refractivity contribution is -0.124. The van der Waals surface area contributed by atoms with Crippen LogP contribution in [0.25, 0.3) is 37.3 Å². The minimum absolute atomic E-state index is 0.0168. The average molecular weight is 1690 g/mol. The highest BCUT2D eigenvalue weighted by atomic mass is 35.5. The Morgan fingerprint density at radius 2 is 0.867 bits per heavy atom. The van der Waals surface area contributed by atoms with E-state index < -0.39 is 30.1 Å². The normalized spacial score (nSPS) is 16.7. The summed E-state index contributed by atoms with van der Waals surface area (Å²) in [7, 11) is -6.35. The van der Waals surface area contributed by atoms with Crippen molar-refractivity contribution in [1.82, 2.24) is 27.3 Å². The molecular formula is C81H84Cl3N9O15S5. The minimum atomic E-state index is -3.85. The van der Waals surface area contributed by atoms with Gasteiger partial charge in [0.05, 0.1) is 21.4 Å². The first kappa shape index (κ1) is 81.6. The number of amides is 3. The summed E-state index contributed by atoms with van der Waals surface area (Å²) in [6.45, 7) is 6.76. The summed E-state index contributed by atoms with van der Waals surface area (Å²) < 4.78 is 100. The van der Waals surface area contributed by atoms with Crippen molar-refractivity contribution in [2.24, 2.45) is 17.8 Å². The van der Waals surface area contributed by atoms with E-state index in [1.807, 2.05) is 91.0 Å². The van der Waals surface area contributed by atoms with Gasteiger partial charge in [-0.3, -0.25) is 33.2 Å². The number of ketones is 3. The number of rotatable bonds is 27. The summed E-state index contributed by atoms with van der Waals surface area (Å²) in [4.78, 5) is 93.4. The first-order chi connectivity index (χ1) is 54.3. The Kier molecular flexibility index (Phi) is 24.9. The van der Waals surface area contributed by atoms with Crippen LogP contribution in [0, 0.1) is 24.7 Å². The van der Waals surface area contributed by atoms with Crippen LogP contribution in [0.2, 0.25) is 13.8 Å². The van der Waals surface area contributed by atoms with Gasteiger partial charge >= 0.3 is 0 Å². The molecule has 0 aliphatic carbocycles. The molecule has 3 fully saturated rings. The number of pyridine rings is 1. The zero-order valence-electron chi connectivity index (χ0n) is 62.7. The maximum atomic E-state index is 13.4. The third-order valence-electron chi connectivity index (χ3n) is 22.1. The Morgan fingerprint density at radius 1 is 0.487 bits per heavy atom. The van der Waals surface area contributed by atoms with Gasteiger partial charge < -0.3 is 28.9 Å². The SMILES string of the molecule is COCCCN1C(=O)c2cccc3c(CC(=O)C4CCN(S(=O)(=O)c5c(Cl)nc6sccn56)CC4)ccc1c23.COCCCN1C(=O)c2cccc3c(CC(=O)C4CCN(S(=O)(=O)c5cc(Cl)sc5Cl)CC4)ccc1c23.COCCCN1C(=O)c2cccc3c(CC(=O)C4CCN(S(=O)(=O)c5cccc(C)n5)CC4)ccc1c23. The molecule has 10 heterocycles. The summed E-state index contributed by atoms with van der Waals surface area (Å²) in [6.07, 6.45) is 7.32. The zero-order valence-corrected chi connectivity index (χ0v) is 69.0. The van der Waals surface area contributed by atoms with E-state index in [2.05, 4.69) is 9.97 Å². The Labute approximate surface area is 678 Å². The molecule has 16 rings (SSSR count). The largest absolute Gasteiger partial charge is 0.385 e. The van der Waals surface area contributed by atoms with Crippen LogP contribution >= 0.6 is 57.5 Å². The van der Waals surface area contributed by atoms with Crippen LogP contribution in [-0.2, 0) is 77.9 Å². The number of fused-ring (bicyclic) bond motifs is 1. The van der Waals surface area contributed by atoms with Gasteiger partial charge in [-0.1, -0.05) is 95.5 Å². The summed E-state index contributed by atoms with van der Waals surface area (Å²) >= 11 is 20.6. The number of thiazole rings is 1. The second kappa shape index (κ2) is 34.4. The number of hydrogen-bond acceptors (Lipinski definition) is 19. The summed E-state index contributed by atoms with van der Waals surface area (Å²) in [5.74, 6) is -0.483. The molecule has 24 nitrogen and oxygen atoms in total. The Hall–Kier alpha value is -7.98. The number of carbonyl (C=O) groups is 6. The smallest absolute Gasteiger partial charge is 0.262 e. The molecule has 0 radical (unpaired) electrons. The van der Waals surface area contributed by atoms with Crippen molar-refractivity contribution in [3.8, 4) is 0 Å². The molecule has 3 saturated heterocycles. The van der Waals surface area contributed by atoms with Crippen LogP contribution in [0.1, 0.15) is 111 Å². The number of anilines is 3. The molecule has 6 aliphatic heterocycles. The number of sulfonamides is 3. The van der Waals surface area contributed by atoms with Crippen molar-refractivity contribution >= 4 is 177 Å². The van der Waals surface area contributed by atoms with E-state index >= 15 is 0 Å². The predicted molar refractivity (Wildman–Crippen MR) is 438 cm³/mol. The lowest BCUT2D eigenvalue weighted by Gasteiger charge is -2.30. The topological polar surface area (TPSA) is 282 Å². The molecule has 0 atom stereocenters. The molecule has 6 aliphatic rings.